The Hall–Kier alpha value is -1.30. The van der Waals surface area contributed by atoms with Crippen molar-refractivity contribution in [3.63, 3.8) is 0 Å². The Morgan fingerprint density at radius 1 is 1.37 bits per heavy atom. The van der Waals surface area contributed by atoms with Crippen LogP contribution in [-0.4, -0.2) is 27.4 Å². The van der Waals surface area contributed by atoms with Gasteiger partial charge in [0.2, 0.25) is 0 Å². The van der Waals surface area contributed by atoms with Gasteiger partial charge in [-0.05, 0) is 36.5 Å². The predicted octanol–water partition coefficient (Wildman–Crippen LogP) is 1.63. The topological polar surface area (TPSA) is 65.7 Å². The van der Waals surface area contributed by atoms with Crippen molar-refractivity contribution < 1.29 is 14.2 Å². The fraction of sp³-hybridized carbons (Fsp3) is 0.571. The zero-order valence-corrected chi connectivity index (χ0v) is 11.5. The lowest BCUT2D eigenvalue weighted by atomic mass is 9.94. The second-order valence-corrected chi connectivity index (χ2v) is 4.80. The fourth-order valence-electron chi connectivity index (χ4n) is 2.47. The van der Waals surface area contributed by atoms with E-state index in [1.807, 2.05) is 18.2 Å². The molecule has 5 nitrogen and oxygen atoms in total. The smallest absolute Gasteiger partial charge is 0.161 e. The molecule has 2 unspecified atom stereocenters. The average molecular weight is 266 g/mol. The molecule has 0 spiro atoms. The molecule has 1 aromatic rings. The van der Waals surface area contributed by atoms with Gasteiger partial charge in [-0.15, -0.1) is 0 Å². The SMILES string of the molecule is COc1ccc(C(CC2CCOC2)NN)cc1OC. The van der Waals surface area contributed by atoms with Crippen LogP contribution >= 0.6 is 0 Å². The molecule has 0 radical (unpaired) electrons. The second-order valence-electron chi connectivity index (χ2n) is 4.80. The molecule has 0 amide bonds. The summed E-state index contributed by atoms with van der Waals surface area (Å²) >= 11 is 0. The number of rotatable bonds is 6. The van der Waals surface area contributed by atoms with Gasteiger partial charge in [0.05, 0.1) is 14.2 Å². The van der Waals surface area contributed by atoms with Crippen molar-refractivity contribution in [2.24, 2.45) is 11.8 Å². The van der Waals surface area contributed by atoms with Crippen molar-refractivity contribution in [3.05, 3.63) is 23.8 Å². The summed E-state index contributed by atoms with van der Waals surface area (Å²) in [6.07, 6.45) is 2.07. The van der Waals surface area contributed by atoms with Crippen LogP contribution in [0.25, 0.3) is 0 Å². The summed E-state index contributed by atoms with van der Waals surface area (Å²) in [7, 11) is 3.27. The standard InChI is InChI=1S/C14H22N2O3/c1-17-13-4-3-11(8-14(13)18-2)12(16-15)7-10-5-6-19-9-10/h3-4,8,10,12,16H,5-7,9,15H2,1-2H3. The Labute approximate surface area is 114 Å². The van der Waals surface area contributed by atoms with Gasteiger partial charge in [0, 0.05) is 19.3 Å². The van der Waals surface area contributed by atoms with Crippen molar-refractivity contribution in [2.75, 3.05) is 27.4 Å². The highest BCUT2D eigenvalue weighted by Crippen LogP contribution is 2.32. The molecule has 0 aromatic heterocycles. The van der Waals surface area contributed by atoms with E-state index in [9.17, 15) is 0 Å². The maximum Gasteiger partial charge on any atom is 0.161 e. The van der Waals surface area contributed by atoms with E-state index in [0.717, 1.165) is 43.1 Å². The molecule has 0 saturated carbocycles. The molecule has 5 heteroatoms. The minimum absolute atomic E-state index is 0.103. The number of methoxy groups -OCH3 is 2. The molecule has 19 heavy (non-hydrogen) atoms. The molecule has 1 fully saturated rings. The third kappa shape index (κ3) is 3.37. The van der Waals surface area contributed by atoms with E-state index in [1.54, 1.807) is 14.2 Å². The summed E-state index contributed by atoms with van der Waals surface area (Å²) in [6, 6.07) is 6.00. The number of benzene rings is 1. The number of nitrogens with two attached hydrogens (primary N) is 1. The zero-order chi connectivity index (χ0) is 13.7. The third-order valence-corrected chi connectivity index (χ3v) is 3.60. The van der Waals surface area contributed by atoms with Gasteiger partial charge in [-0.25, -0.2) is 0 Å². The summed E-state index contributed by atoms with van der Waals surface area (Å²) in [5.41, 5.74) is 3.99. The lowest BCUT2D eigenvalue weighted by molar-refractivity contribution is 0.181. The van der Waals surface area contributed by atoms with Gasteiger partial charge in [0.25, 0.3) is 0 Å². The van der Waals surface area contributed by atoms with Crippen molar-refractivity contribution >= 4 is 0 Å². The molecule has 106 valence electrons. The van der Waals surface area contributed by atoms with Crippen LogP contribution in [0.2, 0.25) is 0 Å². The first-order valence-electron chi connectivity index (χ1n) is 6.54. The van der Waals surface area contributed by atoms with Gasteiger partial charge in [-0.1, -0.05) is 6.07 Å². The first-order chi connectivity index (χ1) is 9.28. The summed E-state index contributed by atoms with van der Waals surface area (Å²) < 4.78 is 16.0. The van der Waals surface area contributed by atoms with Crippen LogP contribution in [0.15, 0.2) is 18.2 Å². The molecule has 2 rings (SSSR count). The minimum Gasteiger partial charge on any atom is -0.493 e. The number of hydrazine groups is 1. The highest BCUT2D eigenvalue weighted by Gasteiger charge is 2.22. The number of hydrogen-bond acceptors (Lipinski definition) is 5. The van der Waals surface area contributed by atoms with Crippen LogP contribution < -0.4 is 20.7 Å². The quantitative estimate of drug-likeness (QED) is 0.605. The van der Waals surface area contributed by atoms with Gasteiger partial charge >= 0.3 is 0 Å². The van der Waals surface area contributed by atoms with Crippen molar-refractivity contribution in [1.29, 1.82) is 0 Å². The molecule has 2 atom stereocenters. The van der Waals surface area contributed by atoms with Gasteiger partial charge in [-0.3, -0.25) is 11.3 Å². The lowest BCUT2D eigenvalue weighted by Gasteiger charge is -2.20. The molecule has 1 aliphatic heterocycles. The van der Waals surface area contributed by atoms with Crippen LogP contribution in [-0.2, 0) is 4.74 Å². The molecule has 0 bridgehead atoms. The summed E-state index contributed by atoms with van der Waals surface area (Å²) in [5.74, 6) is 7.70. The molecular weight excluding hydrogens is 244 g/mol. The van der Waals surface area contributed by atoms with Crippen LogP contribution in [0.5, 0.6) is 11.5 Å². The van der Waals surface area contributed by atoms with Crippen molar-refractivity contribution in [3.8, 4) is 11.5 Å². The molecule has 0 aliphatic carbocycles. The highest BCUT2D eigenvalue weighted by atomic mass is 16.5. The Balaban J connectivity index is 2.12. The van der Waals surface area contributed by atoms with E-state index in [4.69, 9.17) is 20.1 Å². The first kappa shape index (κ1) is 14.1. The second kappa shape index (κ2) is 6.75. The lowest BCUT2D eigenvalue weighted by Crippen LogP contribution is -2.29. The maximum atomic E-state index is 5.68. The van der Waals surface area contributed by atoms with E-state index in [0.29, 0.717) is 5.92 Å². The summed E-state index contributed by atoms with van der Waals surface area (Å²) in [4.78, 5) is 0. The zero-order valence-electron chi connectivity index (χ0n) is 11.5. The van der Waals surface area contributed by atoms with Crippen LogP contribution in [0.3, 0.4) is 0 Å². The van der Waals surface area contributed by atoms with Crippen LogP contribution in [0, 0.1) is 5.92 Å². The molecular formula is C14H22N2O3. The van der Waals surface area contributed by atoms with Gasteiger partial charge < -0.3 is 14.2 Å². The van der Waals surface area contributed by atoms with Crippen molar-refractivity contribution in [1.82, 2.24) is 5.43 Å². The number of nitrogens with one attached hydrogen (secondary N) is 1. The highest BCUT2D eigenvalue weighted by molar-refractivity contribution is 5.43. The van der Waals surface area contributed by atoms with Gasteiger partial charge in [-0.2, -0.15) is 0 Å². The normalized spacial score (nSPS) is 20.3. The number of hydrogen-bond donors (Lipinski definition) is 2. The van der Waals surface area contributed by atoms with Crippen LogP contribution in [0.1, 0.15) is 24.4 Å². The van der Waals surface area contributed by atoms with Gasteiger partial charge in [0.15, 0.2) is 11.5 Å². The number of ether oxygens (including phenoxy) is 3. The molecule has 1 saturated heterocycles. The van der Waals surface area contributed by atoms with E-state index in [-0.39, 0.29) is 6.04 Å². The largest absolute Gasteiger partial charge is 0.493 e. The first-order valence-corrected chi connectivity index (χ1v) is 6.54. The third-order valence-electron chi connectivity index (χ3n) is 3.60. The minimum atomic E-state index is 0.103. The van der Waals surface area contributed by atoms with E-state index in [2.05, 4.69) is 5.43 Å². The summed E-state index contributed by atoms with van der Waals surface area (Å²) in [6.45, 7) is 1.68. The summed E-state index contributed by atoms with van der Waals surface area (Å²) in [5, 5.41) is 0. The maximum absolute atomic E-state index is 5.68. The molecule has 1 aliphatic rings. The van der Waals surface area contributed by atoms with E-state index in [1.165, 1.54) is 0 Å². The van der Waals surface area contributed by atoms with E-state index >= 15 is 0 Å². The monoisotopic (exact) mass is 266 g/mol. The molecule has 1 heterocycles. The van der Waals surface area contributed by atoms with Crippen LogP contribution in [0.4, 0.5) is 0 Å². The average Bonchev–Trinajstić information content (AvgIpc) is 2.97. The Bertz CT molecular complexity index is 406. The Kier molecular flexibility index (Phi) is 5.01. The Morgan fingerprint density at radius 2 is 2.16 bits per heavy atom. The fourth-order valence-corrected chi connectivity index (χ4v) is 2.47. The van der Waals surface area contributed by atoms with E-state index < -0.39 is 0 Å². The molecule has 3 N–H and O–H groups in total. The van der Waals surface area contributed by atoms with Crippen molar-refractivity contribution in [2.45, 2.75) is 18.9 Å². The predicted molar refractivity (Wildman–Crippen MR) is 73.2 cm³/mol. The molecule has 1 aromatic carbocycles. The van der Waals surface area contributed by atoms with Gasteiger partial charge in [0.1, 0.15) is 0 Å². The Morgan fingerprint density at radius 3 is 2.74 bits per heavy atom.